The van der Waals surface area contributed by atoms with Crippen LogP contribution in [0.3, 0.4) is 0 Å². The third-order valence-electron chi connectivity index (χ3n) is 3.54. The lowest BCUT2D eigenvalue weighted by Gasteiger charge is -2.09. The Morgan fingerprint density at radius 2 is 1.56 bits per heavy atom. The first-order valence-electron chi connectivity index (χ1n) is 7.60. The summed E-state index contributed by atoms with van der Waals surface area (Å²) >= 11 is 0. The van der Waals surface area contributed by atoms with Gasteiger partial charge in [0.2, 0.25) is 0 Å². The molecule has 138 valence electrons. The van der Waals surface area contributed by atoms with Gasteiger partial charge in [0.25, 0.3) is 0 Å². The maximum Gasteiger partial charge on any atom is 0.573 e. The zero-order chi connectivity index (χ0) is 19.4. The van der Waals surface area contributed by atoms with Crippen LogP contribution in [0.25, 0.3) is 23.3 Å². The van der Waals surface area contributed by atoms with Gasteiger partial charge >= 0.3 is 12.3 Å². The van der Waals surface area contributed by atoms with Crippen molar-refractivity contribution in [1.82, 2.24) is 15.4 Å². The molecular formula is C18H12F3N3O3. The summed E-state index contributed by atoms with van der Waals surface area (Å²) in [6, 6.07) is 12.7. The largest absolute Gasteiger partial charge is 0.573 e. The highest BCUT2D eigenvalue weighted by Gasteiger charge is 2.30. The summed E-state index contributed by atoms with van der Waals surface area (Å²) in [5.74, 6) is -1.47. The number of alkyl halides is 3. The fraction of sp³-hybridized carbons (Fsp3) is 0.0556. The lowest BCUT2D eigenvalue weighted by molar-refractivity contribution is -0.274. The van der Waals surface area contributed by atoms with Crippen molar-refractivity contribution in [3.63, 3.8) is 0 Å². The van der Waals surface area contributed by atoms with E-state index in [2.05, 4.69) is 20.1 Å². The van der Waals surface area contributed by atoms with Crippen LogP contribution >= 0.6 is 0 Å². The molecule has 1 heterocycles. The summed E-state index contributed by atoms with van der Waals surface area (Å²) < 4.78 is 40.4. The van der Waals surface area contributed by atoms with Crippen molar-refractivity contribution >= 4 is 18.1 Å². The highest BCUT2D eigenvalue weighted by Crippen LogP contribution is 2.26. The molecule has 0 spiro atoms. The predicted octanol–water partition coefficient (Wildman–Crippen LogP) is 4.24. The summed E-state index contributed by atoms with van der Waals surface area (Å²) in [7, 11) is 0. The Balaban J connectivity index is 1.72. The second-order valence-electron chi connectivity index (χ2n) is 5.39. The van der Waals surface area contributed by atoms with Gasteiger partial charge in [0.05, 0.1) is 0 Å². The molecule has 0 aliphatic carbocycles. The van der Waals surface area contributed by atoms with Crippen molar-refractivity contribution in [2.45, 2.75) is 6.36 Å². The Hall–Kier alpha value is -3.62. The fourth-order valence-electron chi connectivity index (χ4n) is 2.32. The molecule has 0 aliphatic heterocycles. The first-order valence-corrected chi connectivity index (χ1v) is 7.60. The lowest BCUT2D eigenvalue weighted by atomic mass is 10.0. The first-order chi connectivity index (χ1) is 12.8. The van der Waals surface area contributed by atoms with Gasteiger partial charge in [0.1, 0.15) is 11.4 Å². The molecule has 0 saturated carbocycles. The molecule has 0 aliphatic rings. The molecule has 27 heavy (non-hydrogen) atoms. The van der Waals surface area contributed by atoms with Crippen LogP contribution in [0.15, 0.2) is 48.5 Å². The minimum atomic E-state index is -4.72. The summed E-state index contributed by atoms with van der Waals surface area (Å²) in [4.78, 5) is 11.0. The van der Waals surface area contributed by atoms with Gasteiger partial charge in [-0.05, 0) is 34.9 Å². The molecule has 6 nitrogen and oxygen atoms in total. The van der Waals surface area contributed by atoms with Crippen LogP contribution in [0.4, 0.5) is 13.2 Å². The van der Waals surface area contributed by atoms with Crippen molar-refractivity contribution in [2.75, 3.05) is 0 Å². The quantitative estimate of drug-likeness (QED) is 0.696. The molecule has 0 amide bonds. The van der Waals surface area contributed by atoms with E-state index in [1.54, 1.807) is 30.3 Å². The molecule has 2 N–H and O–H groups in total. The number of carbonyl (C=O) groups is 1. The van der Waals surface area contributed by atoms with Crippen molar-refractivity contribution in [2.24, 2.45) is 0 Å². The van der Waals surface area contributed by atoms with E-state index in [0.717, 1.165) is 16.7 Å². The molecule has 0 atom stereocenters. The Kier molecular flexibility index (Phi) is 4.93. The Morgan fingerprint density at radius 1 is 0.963 bits per heavy atom. The van der Waals surface area contributed by atoms with Gasteiger partial charge in [-0.1, -0.05) is 42.5 Å². The molecule has 0 bridgehead atoms. The zero-order valence-corrected chi connectivity index (χ0v) is 13.6. The summed E-state index contributed by atoms with van der Waals surface area (Å²) in [5, 5.41) is 18.5. The maximum absolute atomic E-state index is 12.2. The second kappa shape index (κ2) is 7.32. The molecule has 3 aromatic rings. The Labute approximate surface area is 150 Å². The number of aromatic nitrogens is 3. The van der Waals surface area contributed by atoms with E-state index in [1.165, 1.54) is 30.3 Å². The molecule has 2 aromatic carbocycles. The van der Waals surface area contributed by atoms with Crippen molar-refractivity contribution in [1.29, 1.82) is 0 Å². The minimum Gasteiger partial charge on any atom is -0.476 e. The minimum absolute atomic E-state index is 0.177. The Bertz CT molecular complexity index is 962. The number of aromatic amines is 1. The van der Waals surface area contributed by atoms with Gasteiger partial charge in [-0.25, -0.2) is 4.79 Å². The number of halogens is 3. The van der Waals surface area contributed by atoms with Crippen molar-refractivity contribution in [3.8, 4) is 16.9 Å². The standard InChI is InChI=1S/C18H12F3N3O3/c19-18(20,21)27-14-8-6-13(7-9-14)12-4-1-11(2-5-12)3-10-15-16(17(25)26)23-24-22-15/h1-10H,(H,25,26)(H,22,23,24). The second-order valence-corrected chi connectivity index (χ2v) is 5.39. The fourth-order valence-corrected chi connectivity index (χ4v) is 2.32. The van der Waals surface area contributed by atoms with Crippen LogP contribution in [-0.4, -0.2) is 32.8 Å². The molecule has 9 heteroatoms. The summed E-state index contributed by atoms with van der Waals surface area (Å²) in [6.07, 6.45) is -1.53. The normalized spacial score (nSPS) is 11.7. The summed E-state index contributed by atoms with van der Waals surface area (Å²) in [6.45, 7) is 0. The van der Waals surface area contributed by atoms with E-state index in [0.29, 0.717) is 0 Å². The average Bonchev–Trinajstić information content (AvgIpc) is 3.09. The number of nitrogens with zero attached hydrogens (tertiary/aromatic N) is 2. The van der Waals surface area contributed by atoms with E-state index in [-0.39, 0.29) is 17.1 Å². The molecule has 0 radical (unpaired) electrons. The topological polar surface area (TPSA) is 88.1 Å². The molecule has 0 saturated heterocycles. The van der Waals surface area contributed by atoms with Crippen LogP contribution in [0.5, 0.6) is 5.75 Å². The van der Waals surface area contributed by atoms with Crippen LogP contribution in [0.1, 0.15) is 21.7 Å². The molecule has 3 rings (SSSR count). The molecular weight excluding hydrogens is 363 g/mol. The maximum atomic E-state index is 12.2. The van der Waals surface area contributed by atoms with Crippen molar-refractivity contribution < 1.29 is 27.8 Å². The van der Waals surface area contributed by atoms with Gasteiger partial charge < -0.3 is 9.84 Å². The average molecular weight is 375 g/mol. The summed E-state index contributed by atoms with van der Waals surface area (Å²) in [5.41, 5.74) is 2.34. The van der Waals surface area contributed by atoms with Crippen LogP contribution in [0, 0.1) is 0 Å². The van der Waals surface area contributed by atoms with Crippen LogP contribution < -0.4 is 4.74 Å². The van der Waals surface area contributed by atoms with Gasteiger partial charge in [-0.2, -0.15) is 10.3 Å². The number of rotatable bonds is 5. The molecule has 0 unspecified atom stereocenters. The van der Waals surface area contributed by atoms with E-state index in [9.17, 15) is 18.0 Å². The zero-order valence-electron chi connectivity index (χ0n) is 13.6. The van der Waals surface area contributed by atoms with Crippen LogP contribution in [0.2, 0.25) is 0 Å². The number of hydrogen-bond donors (Lipinski definition) is 2. The SMILES string of the molecule is O=C(O)c1n[nH]nc1C=Cc1ccc(-c2ccc(OC(F)(F)F)cc2)cc1. The van der Waals surface area contributed by atoms with Crippen LogP contribution in [-0.2, 0) is 0 Å². The molecule has 1 aromatic heterocycles. The Morgan fingerprint density at radius 3 is 2.11 bits per heavy atom. The van der Waals surface area contributed by atoms with E-state index < -0.39 is 12.3 Å². The monoisotopic (exact) mass is 375 g/mol. The number of aromatic carboxylic acids is 1. The highest BCUT2D eigenvalue weighted by molar-refractivity contribution is 5.90. The smallest absolute Gasteiger partial charge is 0.476 e. The van der Waals surface area contributed by atoms with Gasteiger partial charge in [-0.15, -0.1) is 18.3 Å². The number of carboxylic acids is 1. The predicted molar refractivity (Wildman–Crippen MR) is 90.8 cm³/mol. The number of ether oxygens (including phenoxy) is 1. The number of nitrogens with one attached hydrogen (secondary N) is 1. The highest BCUT2D eigenvalue weighted by atomic mass is 19.4. The molecule has 0 fully saturated rings. The van der Waals surface area contributed by atoms with E-state index >= 15 is 0 Å². The first kappa shape index (κ1) is 18.2. The third kappa shape index (κ3) is 4.72. The third-order valence-corrected chi connectivity index (χ3v) is 3.54. The number of carboxylic acid groups (broad SMARTS) is 1. The van der Waals surface area contributed by atoms with E-state index in [1.807, 2.05) is 0 Å². The lowest BCUT2D eigenvalue weighted by Crippen LogP contribution is -2.16. The number of hydrogen-bond acceptors (Lipinski definition) is 4. The van der Waals surface area contributed by atoms with Gasteiger partial charge in [-0.3, -0.25) is 0 Å². The number of H-pyrrole nitrogens is 1. The van der Waals surface area contributed by atoms with E-state index in [4.69, 9.17) is 5.11 Å². The van der Waals surface area contributed by atoms with Crippen molar-refractivity contribution in [3.05, 3.63) is 65.5 Å². The number of benzene rings is 2. The van der Waals surface area contributed by atoms with Gasteiger partial charge in [0.15, 0.2) is 5.69 Å². The van der Waals surface area contributed by atoms with Gasteiger partial charge in [0, 0.05) is 0 Å².